The first-order valence-corrected chi connectivity index (χ1v) is 13.2. The second-order valence-electron chi connectivity index (χ2n) is 10.9. The molecule has 1 fully saturated rings. The number of esters is 1. The molecule has 2 aliphatic heterocycles. The molecule has 3 N–H and O–H groups in total. The number of fused-ring (bicyclic) bond motifs is 1. The van der Waals surface area contributed by atoms with Gasteiger partial charge in [0.05, 0.1) is 6.54 Å². The lowest BCUT2D eigenvalue weighted by molar-refractivity contribution is -0.154. The van der Waals surface area contributed by atoms with Gasteiger partial charge in [0.25, 0.3) is 5.91 Å². The molecule has 0 bridgehead atoms. The molecule has 1 aromatic rings. The first kappa shape index (κ1) is 32.7. The van der Waals surface area contributed by atoms with Gasteiger partial charge in [-0.2, -0.15) is 0 Å². The fourth-order valence-electron chi connectivity index (χ4n) is 3.59. The van der Waals surface area contributed by atoms with Crippen LogP contribution in [-0.2, 0) is 25.6 Å². The lowest BCUT2D eigenvalue weighted by Gasteiger charge is -2.24. The van der Waals surface area contributed by atoms with E-state index in [4.69, 9.17) is 19.9 Å². The van der Waals surface area contributed by atoms with Gasteiger partial charge in [0, 0.05) is 37.9 Å². The lowest BCUT2D eigenvalue weighted by Crippen LogP contribution is -2.36. The van der Waals surface area contributed by atoms with E-state index in [1.807, 2.05) is 40.7 Å². The largest absolute Gasteiger partial charge is 0.489 e. The summed E-state index contributed by atoms with van der Waals surface area (Å²) in [4.78, 5) is 46.7. The number of hydrogen-bond acceptors (Lipinski definition) is 7. The maximum atomic E-state index is 12.1. The number of amides is 3. The van der Waals surface area contributed by atoms with Crippen molar-refractivity contribution >= 4 is 23.9 Å². The van der Waals surface area contributed by atoms with Gasteiger partial charge in [-0.3, -0.25) is 14.4 Å². The number of carbonyl (C=O) groups excluding carboxylic acids is 4. The van der Waals surface area contributed by atoms with Crippen molar-refractivity contribution in [2.75, 3.05) is 13.1 Å². The monoisotopic (exact) mass is 535 g/mol. The molecule has 1 saturated heterocycles. The predicted molar refractivity (Wildman–Crippen MR) is 145 cm³/mol. The minimum atomic E-state index is -0.491. The third kappa shape index (κ3) is 12.3. The molecule has 2 aliphatic rings. The van der Waals surface area contributed by atoms with Crippen LogP contribution in [0.1, 0.15) is 97.0 Å². The van der Waals surface area contributed by atoms with E-state index >= 15 is 0 Å². The molecule has 2 heterocycles. The molecular weight excluding hydrogens is 490 g/mol. The first-order valence-electron chi connectivity index (χ1n) is 13.2. The second-order valence-corrected chi connectivity index (χ2v) is 10.9. The van der Waals surface area contributed by atoms with Gasteiger partial charge in [0.15, 0.2) is 0 Å². The molecule has 0 aromatic heterocycles. The van der Waals surface area contributed by atoms with E-state index in [0.717, 1.165) is 17.7 Å². The number of nitrogens with two attached hydrogens (primary N) is 1. The Kier molecular flexibility index (Phi) is 12.6. The van der Waals surface area contributed by atoms with Crippen LogP contribution in [0.2, 0.25) is 0 Å². The fourth-order valence-corrected chi connectivity index (χ4v) is 3.59. The highest BCUT2D eigenvalue weighted by atomic mass is 16.6. The molecule has 0 unspecified atom stereocenters. The van der Waals surface area contributed by atoms with Gasteiger partial charge in [0.1, 0.15) is 23.1 Å². The number of likely N-dealkylation sites (tertiary alicyclic amines) is 1. The van der Waals surface area contributed by atoms with Crippen molar-refractivity contribution in [1.82, 2.24) is 10.2 Å². The van der Waals surface area contributed by atoms with E-state index in [1.165, 1.54) is 0 Å². The summed E-state index contributed by atoms with van der Waals surface area (Å²) in [5.41, 5.74) is 5.63. The smallest absolute Gasteiger partial charge is 0.410 e. The summed E-state index contributed by atoms with van der Waals surface area (Å²) in [5, 5.41) is 2.79. The molecular formula is C28H45N3O7. The standard InChI is InChI=1S/C17H22N2O4.C9H17NO3.C2H6/c1-17(2,3)23-16(21)19-7-6-13(10-19)22-12-4-5-14-11(8-12)9-18-15(14)20;1-9(2,3)13-8(12)6-4-5-7(10)11;1-2/h4-5,8,13H,6-7,9-10H2,1-3H3,(H,18,20);4-6H2,1-3H3,(H2,10,11);1-2H3/t13-;;/m0../s1. The summed E-state index contributed by atoms with van der Waals surface area (Å²) >= 11 is 0. The Morgan fingerprint density at radius 3 is 2.24 bits per heavy atom. The van der Waals surface area contributed by atoms with E-state index in [1.54, 1.807) is 37.8 Å². The van der Waals surface area contributed by atoms with Crippen LogP contribution in [0.5, 0.6) is 5.75 Å². The van der Waals surface area contributed by atoms with Crippen LogP contribution in [0.15, 0.2) is 18.2 Å². The quantitative estimate of drug-likeness (QED) is 0.517. The molecule has 3 amide bonds. The third-order valence-corrected chi connectivity index (χ3v) is 5.08. The number of primary amides is 1. The minimum Gasteiger partial charge on any atom is -0.489 e. The van der Waals surface area contributed by atoms with Gasteiger partial charge in [-0.25, -0.2) is 4.79 Å². The summed E-state index contributed by atoms with van der Waals surface area (Å²) < 4.78 is 16.4. The average molecular weight is 536 g/mol. The molecule has 1 atom stereocenters. The zero-order valence-electron chi connectivity index (χ0n) is 24.1. The van der Waals surface area contributed by atoms with Gasteiger partial charge in [-0.05, 0) is 71.7 Å². The number of carbonyl (C=O) groups is 4. The van der Waals surface area contributed by atoms with Crippen molar-refractivity contribution in [3.05, 3.63) is 29.3 Å². The van der Waals surface area contributed by atoms with Crippen molar-refractivity contribution in [3.63, 3.8) is 0 Å². The summed E-state index contributed by atoms with van der Waals surface area (Å²) in [6, 6.07) is 5.48. The number of benzene rings is 1. The molecule has 214 valence electrons. The number of nitrogens with one attached hydrogen (secondary N) is 1. The van der Waals surface area contributed by atoms with E-state index in [2.05, 4.69) is 5.32 Å². The van der Waals surface area contributed by atoms with Gasteiger partial charge in [0.2, 0.25) is 5.91 Å². The van der Waals surface area contributed by atoms with E-state index < -0.39 is 11.2 Å². The Bertz CT molecular complexity index is 964. The maximum Gasteiger partial charge on any atom is 0.410 e. The molecule has 0 radical (unpaired) electrons. The summed E-state index contributed by atoms with van der Waals surface area (Å²) in [5.74, 6) is 0.0251. The van der Waals surface area contributed by atoms with Crippen molar-refractivity contribution < 1.29 is 33.4 Å². The van der Waals surface area contributed by atoms with E-state index in [-0.39, 0.29) is 42.8 Å². The zero-order chi connectivity index (χ0) is 29.1. The van der Waals surface area contributed by atoms with Crippen LogP contribution < -0.4 is 15.8 Å². The van der Waals surface area contributed by atoms with Crippen LogP contribution in [0.4, 0.5) is 4.79 Å². The highest BCUT2D eigenvalue weighted by Crippen LogP contribution is 2.25. The molecule has 38 heavy (non-hydrogen) atoms. The SMILES string of the molecule is CC.CC(C)(C)OC(=O)CCCC(N)=O.CC(C)(C)OC(=O)N1CC[C@H](Oc2ccc3c(c2)CNC3=O)C1. The minimum absolute atomic E-state index is 0.0384. The first-order chi connectivity index (χ1) is 17.6. The van der Waals surface area contributed by atoms with Crippen molar-refractivity contribution in [2.24, 2.45) is 5.73 Å². The summed E-state index contributed by atoms with van der Waals surface area (Å²) in [7, 11) is 0. The van der Waals surface area contributed by atoms with Crippen LogP contribution in [-0.4, -0.2) is 59.2 Å². The highest BCUT2D eigenvalue weighted by Gasteiger charge is 2.31. The lowest BCUT2D eigenvalue weighted by atomic mass is 10.1. The number of nitrogens with zero attached hydrogens (tertiary/aromatic N) is 1. The molecule has 1 aromatic carbocycles. The molecule has 0 saturated carbocycles. The Balaban J connectivity index is 0.000000413. The van der Waals surface area contributed by atoms with Crippen molar-refractivity contribution in [2.45, 2.75) is 105 Å². The number of ether oxygens (including phenoxy) is 3. The molecule has 3 rings (SSSR count). The van der Waals surface area contributed by atoms with Crippen LogP contribution in [0, 0.1) is 0 Å². The Morgan fingerprint density at radius 1 is 1.03 bits per heavy atom. The van der Waals surface area contributed by atoms with Gasteiger partial charge >= 0.3 is 12.1 Å². The Labute approximate surface area is 226 Å². The Morgan fingerprint density at radius 2 is 1.66 bits per heavy atom. The third-order valence-electron chi connectivity index (χ3n) is 5.08. The summed E-state index contributed by atoms with van der Waals surface area (Å²) in [6.07, 6.45) is 1.37. The van der Waals surface area contributed by atoms with Gasteiger partial charge < -0.3 is 30.2 Å². The van der Waals surface area contributed by atoms with Crippen LogP contribution in [0.25, 0.3) is 0 Å². The summed E-state index contributed by atoms with van der Waals surface area (Å²) in [6.45, 7) is 16.7. The second kappa shape index (κ2) is 14.6. The molecule has 10 nitrogen and oxygen atoms in total. The fraction of sp³-hybridized carbons (Fsp3) is 0.643. The normalized spacial score (nSPS) is 16.2. The molecule has 0 aliphatic carbocycles. The predicted octanol–water partition coefficient (Wildman–Crippen LogP) is 4.33. The van der Waals surface area contributed by atoms with Crippen molar-refractivity contribution in [3.8, 4) is 5.75 Å². The van der Waals surface area contributed by atoms with Crippen molar-refractivity contribution in [1.29, 1.82) is 0 Å². The molecule has 0 spiro atoms. The zero-order valence-corrected chi connectivity index (χ0v) is 24.1. The van der Waals surface area contributed by atoms with Gasteiger partial charge in [-0.15, -0.1) is 0 Å². The van der Waals surface area contributed by atoms with Crippen LogP contribution in [0.3, 0.4) is 0 Å². The Hall–Kier alpha value is -3.30. The van der Waals surface area contributed by atoms with E-state index in [0.29, 0.717) is 31.6 Å². The number of hydrogen-bond donors (Lipinski definition) is 2. The highest BCUT2D eigenvalue weighted by molar-refractivity contribution is 5.98. The number of rotatable bonds is 6. The topological polar surface area (TPSA) is 137 Å². The maximum absolute atomic E-state index is 12.1. The van der Waals surface area contributed by atoms with Gasteiger partial charge in [-0.1, -0.05) is 13.8 Å². The van der Waals surface area contributed by atoms with Crippen LogP contribution >= 0.6 is 0 Å². The van der Waals surface area contributed by atoms with E-state index in [9.17, 15) is 19.2 Å². The molecule has 10 heteroatoms. The average Bonchev–Trinajstić information content (AvgIpc) is 3.40.